The number of aryl methyl sites for hydroxylation is 1. The zero-order valence-corrected chi connectivity index (χ0v) is 25.6. The topological polar surface area (TPSA) is 96.5 Å². The summed E-state index contributed by atoms with van der Waals surface area (Å²) >= 11 is 13.2. The zero-order chi connectivity index (χ0) is 31.1. The lowest BCUT2D eigenvalue weighted by Crippen LogP contribution is -2.40. The van der Waals surface area contributed by atoms with Gasteiger partial charge in [-0.2, -0.15) is 0 Å². The van der Waals surface area contributed by atoms with E-state index in [1.165, 1.54) is 4.90 Å². The molecule has 0 aliphatic heterocycles. The fraction of sp³-hybridized carbons (Fsp3) is 0.118. The van der Waals surface area contributed by atoms with Crippen LogP contribution in [0.3, 0.4) is 0 Å². The van der Waals surface area contributed by atoms with Gasteiger partial charge >= 0.3 is 6.03 Å². The van der Waals surface area contributed by atoms with Crippen molar-refractivity contribution in [1.29, 1.82) is 0 Å². The number of aromatic nitrogens is 2. The van der Waals surface area contributed by atoms with Gasteiger partial charge in [0.1, 0.15) is 17.9 Å². The number of carbonyl (C=O) groups excluding carboxylic acids is 2. The number of para-hydroxylation sites is 1. The molecule has 2 N–H and O–H groups in total. The number of anilines is 2. The molecule has 2 heterocycles. The molecule has 222 valence electrons. The molecule has 0 aliphatic rings. The second-order valence-corrected chi connectivity index (χ2v) is 10.7. The van der Waals surface area contributed by atoms with Crippen LogP contribution in [0.15, 0.2) is 91.3 Å². The predicted octanol–water partition coefficient (Wildman–Crippen LogP) is 7.78. The highest BCUT2D eigenvalue weighted by Crippen LogP contribution is 2.35. The van der Waals surface area contributed by atoms with Crippen LogP contribution in [0.25, 0.3) is 23.1 Å². The standard InChI is InChI=1S/C34H29Cl2N5O3/c1-22-9-12-25-6-4-8-30(33(25)39-22)44-21-27-28(35)13-14-29(32(27)36)41(2)31(42)20-38-34(43)40-26-7-3-5-24(19-26)11-10-23-15-17-37-18-16-23/h3-19H,20-21H2,1-2H3,(H2,38,40,43)/b11-10-. The fourth-order valence-corrected chi connectivity index (χ4v) is 5.04. The Hall–Kier alpha value is -4.92. The molecule has 0 saturated carbocycles. The maximum atomic E-state index is 13.0. The summed E-state index contributed by atoms with van der Waals surface area (Å²) in [6.07, 6.45) is 7.34. The number of halogens is 2. The molecular weight excluding hydrogens is 597 g/mol. The number of nitrogens with one attached hydrogen (secondary N) is 2. The van der Waals surface area contributed by atoms with Crippen molar-refractivity contribution in [3.05, 3.63) is 124 Å². The minimum atomic E-state index is -0.516. The molecule has 3 aromatic carbocycles. The number of rotatable bonds is 9. The quantitative estimate of drug-likeness (QED) is 0.174. The van der Waals surface area contributed by atoms with Gasteiger partial charge < -0.3 is 20.3 Å². The first kappa shape index (κ1) is 30.5. The second kappa shape index (κ2) is 14.0. The van der Waals surface area contributed by atoms with Crippen LogP contribution in [-0.2, 0) is 11.4 Å². The molecule has 0 bridgehead atoms. The Labute approximate surface area is 265 Å². The van der Waals surface area contributed by atoms with E-state index >= 15 is 0 Å². The van der Waals surface area contributed by atoms with E-state index in [1.807, 2.05) is 79.7 Å². The van der Waals surface area contributed by atoms with Gasteiger partial charge in [-0.1, -0.05) is 65.7 Å². The first-order valence-electron chi connectivity index (χ1n) is 13.7. The molecule has 0 unspecified atom stereocenters. The molecule has 5 aromatic rings. The van der Waals surface area contributed by atoms with Crippen LogP contribution in [0.5, 0.6) is 5.75 Å². The van der Waals surface area contributed by atoms with Crippen molar-refractivity contribution < 1.29 is 14.3 Å². The minimum absolute atomic E-state index is 0.0692. The average molecular weight is 627 g/mol. The van der Waals surface area contributed by atoms with Gasteiger partial charge in [0.2, 0.25) is 5.91 Å². The van der Waals surface area contributed by atoms with E-state index in [-0.39, 0.29) is 24.1 Å². The summed E-state index contributed by atoms with van der Waals surface area (Å²) in [5, 5.41) is 7.00. The number of amides is 3. The van der Waals surface area contributed by atoms with Crippen LogP contribution >= 0.6 is 23.2 Å². The first-order chi connectivity index (χ1) is 21.3. The molecule has 0 fully saturated rings. The Balaban J connectivity index is 1.20. The van der Waals surface area contributed by atoms with Gasteiger partial charge in [-0.05, 0) is 66.6 Å². The Bertz CT molecular complexity index is 1850. The number of urea groups is 1. The van der Waals surface area contributed by atoms with Crippen molar-refractivity contribution in [3.8, 4) is 5.75 Å². The summed E-state index contributed by atoms with van der Waals surface area (Å²) in [6.45, 7) is 1.73. The van der Waals surface area contributed by atoms with Gasteiger partial charge in [0, 0.05) is 46.8 Å². The molecule has 10 heteroatoms. The number of ether oxygens (including phenoxy) is 1. The highest BCUT2D eigenvalue weighted by molar-refractivity contribution is 6.38. The number of nitrogens with zero attached hydrogens (tertiary/aromatic N) is 3. The summed E-state index contributed by atoms with van der Waals surface area (Å²) < 4.78 is 6.09. The van der Waals surface area contributed by atoms with E-state index in [4.69, 9.17) is 27.9 Å². The van der Waals surface area contributed by atoms with E-state index in [1.54, 1.807) is 37.6 Å². The van der Waals surface area contributed by atoms with Crippen molar-refractivity contribution in [3.63, 3.8) is 0 Å². The third-order valence-corrected chi connectivity index (χ3v) is 7.59. The molecule has 3 amide bonds. The number of hydrogen-bond donors (Lipinski definition) is 2. The Morgan fingerprint density at radius 2 is 1.70 bits per heavy atom. The molecule has 0 atom stereocenters. The van der Waals surface area contributed by atoms with E-state index in [2.05, 4.69) is 20.6 Å². The normalized spacial score (nSPS) is 11.0. The predicted molar refractivity (Wildman–Crippen MR) is 177 cm³/mol. The summed E-state index contributed by atoms with van der Waals surface area (Å²) in [7, 11) is 1.58. The molecule has 8 nitrogen and oxygen atoms in total. The second-order valence-electron chi connectivity index (χ2n) is 9.93. The van der Waals surface area contributed by atoms with Crippen LogP contribution < -0.4 is 20.3 Å². The lowest BCUT2D eigenvalue weighted by Gasteiger charge is -2.21. The molecule has 44 heavy (non-hydrogen) atoms. The Kier molecular flexibility index (Phi) is 9.74. The molecule has 0 spiro atoms. The molecule has 0 saturated heterocycles. The van der Waals surface area contributed by atoms with Gasteiger partial charge in [-0.15, -0.1) is 0 Å². The molecule has 2 aromatic heterocycles. The van der Waals surface area contributed by atoms with Crippen molar-refractivity contribution in [1.82, 2.24) is 15.3 Å². The zero-order valence-electron chi connectivity index (χ0n) is 24.1. The molecular formula is C34H29Cl2N5O3. The minimum Gasteiger partial charge on any atom is -0.487 e. The highest BCUT2D eigenvalue weighted by atomic mass is 35.5. The molecule has 0 aliphatic carbocycles. The fourth-order valence-electron chi connectivity index (χ4n) is 4.43. The van der Waals surface area contributed by atoms with Crippen LogP contribution in [0.1, 0.15) is 22.4 Å². The van der Waals surface area contributed by atoms with Gasteiger partial charge in [-0.3, -0.25) is 9.78 Å². The Morgan fingerprint density at radius 1 is 0.932 bits per heavy atom. The lowest BCUT2D eigenvalue weighted by atomic mass is 10.1. The third-order valence-electron chi connectivity index (χ3n) is 6.81. The maximum absolute atomic E-state index is 13.0. The highest BCUT2D eigenvalue weighted by Gasteiger charge is 2.19. The van der Waals surface area contributed by atoms with Crippen molar-refractivity contribution in [2.45, 2.75) is 13.5 Å². The summed E-state index contributed by atoms with van der Waals surface area (Å²) in [4.78, 5) is 35.6. The number of pyridine rings is 2. The number of carbonyl (C=O) groups is 2. The number of likely N-dealkylation sites (N-methyl/N-ethyl adjacent to an activating group) is 1. The van der Waals surface area contributed by atoms with Gasteiger partial charge in [0.15, 0.2) is 0 Å². The third kappa shape index (κ3) is 7.53. The van der Waals surface area contributed by atoms with Crippen LogP contribution in [0, 0.1) is 6.92 Å². The number of benzene rings is 3. The van der Waals surface area contributed by atoms with E-state index in [0.717, 1.165) is 27.7 Å². The largest absolute Gasteiger partial charge is 0.487 e. The van der Waals surface area contributed by atoms with Crippen molar-refractivity contribution in [2.24, 2.45) is 0 Å². The van der Waals surface area contributed by atoms with Gasteiger partial charge in [-0.25, -0.2) is 9.78 Å². The average Bonchev–Trinajstić information content (AvgIpc) is 3.03. The number of fused-ring (bicyclic) bond motifs is 1. The molecule has 5 rings (SSSR count). The summed E-state index contributed by atoms with van der Waals surface area (Å²) in [5.74, 6) is 0.220. The monoisotopic (exact) mass is 625 g/mol. The van der Waals surface area contributed by atoms with Crippen molar-refractivity contribution in [2.75, 3.05) is 23.8 Å². The van der Waals surface area contributed by atoms with Crippen LogP contribution in [0.2, 0.25) is 10.0 Å². The van der Waals surface area contributed by atoms with Crippen LogP contribution in [0.4, 0.5) is 16.2 Å². The Morgan fingerprint density at radius 3 is 2.52 bits per heavy atom. The van der Waals surface area contributed by atoms with Crippen LogP contribution in [-0.4, -0.2) is 35.5 Å². The van der Waals surface area contributed by atoms with E-state index in [0.29, 0.717) is 27.7 Å². The number of hydrogen-bond acceptors (Lipinski definition) is 5. The molecule has 0 radical (unpaired) electrons. The van der Waals surface area contributed by atoms with Gasteiger partial charge in [0.25, 0.3) is 0 Å². The van der Waals surface area contributed by atoms with E-state index in [9.17, 15) is 9.59 Å². The van der Waals surface area contributed by atoms with Crippen molar-refractivity contribution >= 4 is 69.6 Å². The maximum Gasteiger partial charge on any atom is 0.319 e. The van der Waals surface area contributed by atoms with E-state index < -0.39 is 6.03 Å². The van der Waals surface area contributed by atoms with Gasteiger partial charge in [0.05, 0.1) is 17.3 Å². The summed E-state index contributed by atoms with van der Waals surface area (Å²) in [5.41, 5.74) is 5.07. The smallest absolute Gasteiger partial charge is 0.319 e. The lowest BCUT2D eigenvalue weighted by molar-refractivity contribution is -0.117. The summed E-state index contributed by atoms with van der Waals surface area (Å²) in [6, 6.07) is 23.6. The SMILES string of the molecule is Cc1ccc2cccc(OCc3c(Cl)ccc(N(C)C(=O)CNC(=O)Nc4cccc(/C=C\c5ccncc5)c4)c3Cl)c2n1. The first-order valence-corrected chi connectivity index (χ1v) is 14.5.